The first kappa shape index (κ1) is 9.89. The number of hydrogen-bond acceptors (Lipinski definition) is 1. The molecule has 1 aromatic rings. The summed E-state index contributed by atoms with van der Waals surface area (Å²) in [5.74, 6) is 0. The highest BCUT2D eigenvalue weighted by atomic mass is 19.4. The van der Waals surface area contributed by atoms with E-state index in [1.807, 2.05) is 0 Å². The highest BCUT2D eigenvalue weighted by Crippen LogP contribution is 2.34. The zero-order chi connectivity index (χ0) is 9.90. The van der Waals surface area contributed by atoms with E-state index in [4.69, 9.17) is 0 Å². The fourth-order valence-corrected chi connectivity index (χ4v) is 1.07. The summed E-state index contributed by atoms with van der Waals surface area (Å²) in [7, 11) is 0. The molecule has 4 heteroatoms. The van der Waals surface area contributed by atoms with Crippen molar-refractivity contribution in [2.45, 2.75) is 13.1 Å². The molecular formula is C9H10F3N. The SMILES string of the molecule is CCNc1ccccc1C(F)(F)F. The Morgan fingerprint density at radius 2 is 1.85 bits per heavy atom. The average molecular weight is 189 g/mol. The fraction of sp³-hybridized carbons (Fsp3) is 0.333. The van der Waals surface area contributed by atoms with Crippen LogP contribution in [0, 0.1) is 0 Å². The minimum absolute atomic E-state index is 0.137. The van der Waals surface area contributed by atoms with Gasteiger partial charge in [-0.25, -0.2) is 0 Å². The predicted octanol–water partition coefficient (Wildman–Crippen LogP) is 3.14. The summed E-state index contributed by atoms with van der Waals surface area (Å²) in [5, 5.41) is 2.66. The van der Waals surface area contributed by atoms with Gasteiger partial charge in [-0.2, -0.15) is 13.2 Å². The summed E-state index contributed by atoms with van der Waals surface area (Å²) < 4.78 is 37.0. The molecule has 72 valence electrons. The number of rotatable bonds is 2. The van der Waals surface area contributed by atoms with E-state index in [2.05, 4.69) is 5.32 Å². The zero-order valence-electron chi connectivity index (χ0n) is 7.15. The first-order valence-electron chi connectivity index (χ1n) is 3.95. The molecular weight excluding hydrogens is 179 g/mol. The molecule has 1 aromatic carbocycles. The van der Waals surface area contributed by atoms with E-state index in [0.29, 0.717) is 6.54 Å². The van der Waals surface area contributed by atoms with E-state index in [1.165, 1.54) is 12.1 Å². The third-order valence-corrected chi connectivity index (χ3v) is 1.60. The highest BCUT2D eigenvalue weighted by Gasteiger charge is 2.32. The average Bonchev–Trinajstić information content (AvgIpc) is 2.04. The van der Waals surface area contributed by atoms with Crippen molar-refractivity contribution in [3.05, 3.63) is 29.8 Å². The van der Waals surface area contributed by atoms with Crippen LogP contribution < -0.4 is 5.32 Å². The van der Waals surface area contributed by atoms with Crippen molar-refractivity contribution in [3.8, 4) is 0 Å². The minimum Gasteiger partial charge on any atom is -0.385 e. The fourth-order valence-electron chi connectivity index (χ4n) is 1.07. The molecule has 13 heavy (non-hydrogen) atoms. The molecule has 0 aliphatic rings. The Kier molecular flexibility index (Phi) is 2.80. The molecule has 0 saturated carbocycles. The molecule has 0 fully saturated rings. The molecule has 0 aliphatic heterocycles. The molecule has 1 N–H and O–H groups in total. The Bertz CT molecular complexity index is 280. The normalized spacial score (nSPS) is 11.4. The summed E-state index contributed by atoms with van der Waals surface area (Å²) in [6.07, 6.45) is -4.28. The Morgan fingerprint density at radius 3 is 2.38 bits per heavy atom. The quantitative estimate of drug-likeness (QED) is 0.753. The highest BCUT2D eigenvalue weighted by molar-refractivity contribution is 5.52. The van der Waals surface area contributed by atoms with Crippen LogP contribution in [0.3, 0.4) is 0 Å². The second-order valence-electron chi connectivity index (χ2n) is 2.57. The maximum Gasteiger partial charge on any atom is 0.418 e. The number of alkyl halides is 3. The van der Waals surface area contributed by atoms with Crippen molar-refractivity contribution in [1.29, 1.82) is 0 Å². The van der Waals surface area contributed by atoms with Crippen molar-refractivity contribution < 1.29 is 13.2 Å². The summed E-state index contributed by atoms with van der Waals surface area (Å²) in [5.41, 5.74) is -0.477. The van der Waals surface area contributed by atoms with Crippen LogP contribution in [0.2, 0.25) is 0 Å². The van der Waals surface area contributed by atoms with E-state index in [0.717, 1.165) is 6.07 Å². The number of para-hydroxylation sites is 1. The van der Waals surface area contributed by atoms with Gasteiger partial charge in [0.25, 0.3) is 0 Å². The lowest BCUT2D eigenvalue weighted by molar-refractivity contribution is -0.136. The van der Waals surface area contributed by atoms with Gasteiger partial charge < -0.3 is 5.32 Å². The van der Waals surface area contributed by atoms with Crippen LogP contribution in [0.5, 0.6) is 0 Å². The van der Waals surface area contributed by atoms with Gasteiger partial charge in [0.2, 0.25) is 0 Å². The van der Waals surface area contributed by atoms with Gasteiger partial charge in [-0.3, -0.25) is 0 Å². The minimum atomic E-state index is -4.28. The maximum absolute atomic E-state index is 12.3. The molecule has 0 aliphatic carbocycles. The molecule has 0 atom stereocenters. The van der Waals surface area contributed by atoms with Crippen LogP contribution in [-0.2, 0) is 6.18 Å². The molecule has 0 aromatic heterocycles. The van der Waals surface area contributed by atoms with Crippen LogP contribution in [-0.4, -0.2) is 6.54 Å². The molecule has 0 radical (unpaired) electrons. The zero-order valence-corrected chi connectivity index (χ0v) is 7.15. The van der Waals surface area contributed by atoms with Gasteiger partial charge in [0.05, 0.1) is 5.56 Å². The Labute approximate surface area is 74.6 Å². The lowest BCUT2D eigenvalue weighted by Crippen LogP contribution is -2.10. The van der Waals surface area contributed by atoms with Crippen molar-refractivity contribution in [2.24, 2.45) is 0 Å². The Balaban J connectivity index is 3.05. The second kappa shape index (κ2) is 3.68. The van der Waals surface area contributed by atoms with Gasteiger partial charge in [0.1, 0.15) is 0 Å². The molecule has 0 spiro atoms. The summed E-state index contributed by atoms with van der Waals surface area (Å²) >= 11 is 0. The van der Waals surface area contributed by atoms with E-state index in [9.17, 15) is 13.2 Å². The predicted molar refractivity (Wildman–Crippen MR) is 45.6 cm³/mol. The van der Waals surface area contributed by atoms with Crippen LogP contribution >= 0.6 is 0 Å². The van der Waals surface area contributed by atoms with Gasteiger partial charge in [0, 0.05) is 12.2 Å². The van der Waals surface area contributed by atoms with Crippen LogP contribution in [0.4, 0.5) is 18.9 Å². The van der Waals surface area contributed by atoms with Crippen molar-refractivity contribution in [1.82, 2.24) is 0 Å². The molecule has 0 saturated heterocycles. The van der Waals surface area contributed by atoms with E-state index in [-0.39, 0.29) is 5.69 Å². The summed E-state index contributed by atoms with van der Waals surface area (Å²) in [6.45, 7) is 2.24. The molecule has 0 heterocycles. The summed E-state index contributed by atoms with van der Waals surface area (Å²) in [4.78, 5) is 0. The third-order valence-electron chi connectivity index (χ3n) is 1.60. The maximum atomic E-state index is 12.3. The van der Waals surface area contributed by atoms with Gasteiger partial charge in [-0.1, -0.05) is 12.1 Å². The van der Waals surface area contributed by atoms with E-state index < -0.39 is 11.7 Å². The van der Waals surface area contributed by atoms with Crippen molar-refractivity contribution in [3.63, 3.8) is 0 Å². The third kappa shape index (κ3) is 2.37. The number of anilines is 1. The topological polar surface area (TPSA) is 12.0 Å². The van der Waals surface area contributed by atoms with Crippen molar-refractivity contribution in [2.75, 3.05) is 11.9 Å². The molecule has 1 nitrogen and oxygen atoms in total. The van der Waals surface area contributed by atoms with E-state index >= 15 is 0 Å². The molecule has 0 bridgehead atoms. The van der Waals surface area contributed by atoms with Gasteiger partial charge >= 0.3 is 6.18 Å². The smallest absolute Gasteiger partial charge is 0.385 e. The van der Waals surface area contributed by atoms with Gasteiger partial charge in [0.15, 0.2) is 0 Å². The monoisotopic (exact) mass is 189 g/mol. The van der Waals surface area contributed by atoms with E-state index in [1.54, 1.807) is 13.0 Å². The number of nitrogens with one attached hydrogen (secondary N) is 1. The first-order valence-corrected chi connectivity index (χ1v) is 3.95. The Hall–Kier alpha value is -1.19. The number of hydrogen-bond donors (Lipinski definition) is 1. The van der Waals surface area contributed by atoms with Crippen molar-refractivity contribution >= 4 is 5.69 Å². The van der Waals surface area contributed by atoms with Gasteiger partial charge in [-0.05, 0) is 19.1 Å². The second-order valence-corrected chi connectivity index (χ2v) is 2.57. The van der Waals surface area contributed by atoms with Crippen LogP contribution in [0.25, 0.3) is 0 Å². The lowest BCUT2D eigenvalue weighted by Gasteiger charge is -2.12. The molecule has 0 unspecified atom stereocenters. The lowest BCUT2D eigenvalue weighted by atomic mass is 10.1. The van der Waals surface area contributed by atoms with Crippen LogP contribution in [0.1, 0.15) is 12.5 Å². The number of benzene rings is 1. The molecule has 1 rings (SSSR count). The first-order chi connectivity index (χ1) is 6.05. The number of halogens is 3. The Morgan fingerprint density at radius 1 is 1.23 bits per heavy atom. The molecule has 0 amide bonds. The van der Waals surface area contributed by atoms with Gasteiger partial charge in [-0.15, -0.1) is 0 Å². The largest absolute Gasteiger partial charge is 0.418 e. The standard InChI is InChI=1S/C9H10F3N/c1-2-13-8-6-4-3-5-7(8)9(10,11)12/h3-6,13H,2H2,1H3. The summed E-state index contributed by atoms with van der Waals surface area (Å²) in [6, 6.07) is 5.45. The van der Waals surface area contributed by atoms with Crippen LogP contribution in [0.15, 0.2) is 24.3 Å².